The Kier molecular flexibility index (Phi) is 3.19. The van der Waals surface area contributed by atoms with E-state index in [1.807, 2.05) is 6.92 Å². The molecule has 0 spiro atoms. The SMILES string of the molecule is CC1=CC(=O)[C@H]2C(C)(C)C[C@@H](O)C[C@@]2(C)[C@@H]1CO. The molecular weight excluding hydrogens is 228 g/mol. The lowest BCUT2D eigenvalue weighted by Gasteiger charge is -2.56. The fourth-order valence-electron chi connectivity index (χ4n) is 4.65. The van der Waals surface area contributed by atoms with Gasteiger partial charge in [0.1, 0.15) is 0 Å². The van der Waals surface area contributed by atoms with Crippen molar-refractivity contribution in [3.63, 3.8) is 0 Å². The third-order valence-electron chi connectivity index (χ3n) is 5.06. The number of rotatable bonds is 1. The summed E-state index contributed by atoms with van der Waals surface area (Å²) < 4.78 is 0. The molecule has 2 rings (SSSR count). The van der Waals surface area contributed by atoms with Crippen LogP contribution >= 0.6 is 0 Å². The third kappa shape index (κ3) is 1.84. The lowest BCUT2D eigenvalue weighted by atomic mass is 9.48. The first kappa shape index (κ1) is 13.8. The van der Waals surface area contributed by atoms with E-state index in [4.69, 9.17) is 0 Å². The second kappa shape index (κ2) is 4.17. The maximum Gasteiger partial charge on any atom is 0.159 e. The molecule has 2 N–H and O–H groups in total. The summed E-state index contributed by atoms with van der Waals surface area (Å²) in [5.41, 5.74) is 0.408. The molecule has 0 aromatic rings. The van der Waals surface area contributed by atoms with E-state index in [9.17, 15) is 15.0 Å². The Morgan fingerprint density at radius 3 is 2.50 bits per heavy atom. The van der Waals surface area contributed by atoms with Gasteiger partial charge in [-0.25, -0.2) is 0 Å². The van der Waals surface area contributed by atoms with Gasteiger partial charge in [0.15, 0.2) is 5.78 Å². The predicted octanol–water partition coefficient (Wildman–Crippen LogP) is 1.93. The van der Waals surface area contributed by atoms with Crippen LogP contribution in [0.1, 0.15) is 40.5 Å². The van der Waals surface area contributed by atoms with Crippen LogP contribution in [-0.4, -0.2) is 28.7 Å². The van der Waals surface area contributed by atoms with Gasteiger partial charge in [0, 0.05) is 11.8 Å². The first-order chi connectivity index (χ1) is 8.22. The van der Waals surface area contributed by atoms with Crippen molar-refractivity contribution < 1.29 is 15.0 Å². The molecule has 0 unspecified atom stereocenters. The van der Waals surface area contributed by atoms with Crippen LogP contribution < -0.4 is 0 Å². The average Bonchev–Trinajstić information content (AvgIpc) is 2.12. The zero-order valence-electron chi connectivity index (χ0n) is 11.7. The summed E-state index contributed by atoms with van der Waals surface area (Å²) >= 11 is 0. The first-order valence-electron chi connectivity index (χ1n) is 6.73. The maximum atomic E-state index is 12.4. The molecule has 4 atom stereocenters. The molecule has 3 heteroatoms. The molecule has 0 aliphatic heterocycles. The van der Waals surface area contributed by atoms with Crippen molar-refractivity contribution in [3.05, 3.63) is 11.6 Å². The van der Waals surface area contributed by atoms with E-state index in [1.54, 1.807) is 6.08 Å². The van der Waals surface area contributed by atoms with E-state index >= 15 is 0 Å². The lowest BCUT2D eigenvalue weighted by molar-refractivity contribution is -0.146. The highest BCUT2D eigenvalue weighted by atomic mass is 16.3. The molecule has 1 fully saturated rings. The first-order valence-corrected chi connectivity index (χ1v) is 6.73. The van der Waals surface area contributed by atoms with Gasteiger partial charge in [-0.05, 0) is 36.7 Å². The van der Waals surface area contributed by atoms with Crippen LogP contribution in [0.2, 0.25) is 0 Å². The zero-order valence-corrected chi connectivity index (χ0v) is 11.7. The molecule has 0 aromatic heterocycles. The quantitative estimate of drug-likeness (QED) is 0.749. The van der Waals surface area contributed by atoms with Gasteiger partial charge in [0.25, 0.3) is 0 Å². The highest BCUT2D eigenvalue weighted by molar-refractivity contribution is 5.95. The fraction of sp³-hybridized carbons (Fsp3) is 0.800. The largest absolute Gasteiger partial charge is 0.396 e. The molecule has 1 saturated carbocycles. The smallest absolute Gasteiger partial charge is 0.159 e. The monoisotopic (exact) mass is 252 g/mol. The van der Waals surface area contributed by atoms with Gasteiger partial charge in [0.05, 0.1) is 12.7 Å². The summed E-state index contributed by atoms with van der Waals surface area (Å²) in [5.74, 6) is 0.0419. The van der Waals surface area contributed by atoms with Gasteiger partial charge >= 0.3 is 0 Å². The minimum atomic E-state index is -0.381. The van der Waals surface area contributed by atoms with Crippen LogP contribution in [0.3, 0.4) is 0 Å². The number of hydrogen-bond acceptors (Lipinski definition) is 3. The molecule has 0 saturated heterocycles. The molecular formula is C15H24O3. The fourth-order valence-corrected chi connectivity index (χ4v) is 4.65. The van der Waals surface area contributed by atoms with E-state index in [-0.39, 0.29) is 41.2 Å². The van der Waals surface area contributed by atoms with Crippen LogP contribution in [0, 0.1) is 22.7 Å². The third-order valence-corrected chi connectivity index (χ3v) is 5.06. The number of aliphatic hydroxyl groups is 2. The normalized spacial score (nSPS) is 43.3. The predicted molar refractivity (Wildman–Crippen MR) is 70.0 cm³/mol. The Labute approximate surface area is 109 Å². The standard InChI is InChI=1S/C15H24O3/c1-9-5-12(18)13-14(2,3)6-10(17)7-15(13,4)11(9)8-16/h5,10-11,13,16-17H,6-8H2,1-4H3/t10-,11-,13+,15+/m1/s1. The number of allylic oxidation sites excluding steroid dienone is 1. The van der Waals surface area contributed by atoms with Crippen LogP contribution in [-0.2, 0) is 4.79 Å². The van der Waals surface area contributed by atoms with Crippen LogP contribution in [0.5, 0.6) is 0 Å². The highest BCUT2D eigenvalue weighted by Gasteiger charge is 2.57. The van der Waals surface area contributed by atoms with Crippen LogP contribution in [0.25, 0.3) is 0 Å². The molecule has 0 bridgehead atoms. The second-order valence-electron chi connectivity index (χ2n) is 7.02. The van der Waals surface area contributed by atoms with Crippen LogP contribution in [0.4, 0.5) is 0 Å². The molecule has 0 amide bonds. The van der Waals surface area contributed by atoms with Crippen molar-refractivity contribution in [1.29, 1.82) is 0 Å². The molecule has 102 valence electrons. The minimum absolute atomic E-state index is 0.0191. The van der Waals surface area contributed by atoms with E-state index < -0.39 is 0 Å². The number of carbonyl (C=O) groups is 1. The summed E-state index contributed by atoms with van der Waals surface area (Å²) in [5, 5.41) is 19.8. The Bertz CT molecular complexity index is 397. The number of ketones is 1. The van der Waals surface area contributed by atoms with Gasteiger partial charge < -0.3 is 10.2 Å². The highest BCUT2D eigenvalue weighted by Crippen LogP contribution is 2.58. The number of fused-ring (bicyclic) bond motifs is 1. The zero-order chi connectivity index (χ0) is 13.7. The Morgan fingerprint density at radius 2 is 1.94 bits per heavy atom. The summed E-state index contributed by atoms with van der Waals surface area (Å²) in [6.45, 7) is 8.12. The van der Waals surface area contributed by atoms with Gasteiger partial charge in [-0.2, -0.15) is 0 Å². The van der Waals surface area contributed by atoms with Crippen molar-refractivity contribution in [1.82, 2.24) is 0 Å². The van der Waals surface area contributed by atoms with E-state index in [2.05, 4.69) is 20.8 Å². The second-order valence-corrected chi connectivity index (χ2v) is 7.02. The number of aliphatic hydroxyl groups excluding tert-OH is 2. The summed E-state index contributed by atoms with van der Waals surface area (Å²) in [6.07, 6.45) is 2.58. The summed E-state index contributed by atoms with van der Waals surface area (Å²) in [6, 6.07) is 0. The Hall–Kier alpha value is -0.670. The van der Waals surface area contributed by atoms with Gasteiger partial charge in [-0.3, -0.25) is 4.79 Å². The van der Waals surface area contributed by atoms with E-state index in [0.717, 1.165) is 5.57 Å². The molecule has 3 nitrogen and oxygen atoms in total. The lowest BCUT2D eigenvalue weighted by Crippen LogP contribution is -2.56. The molecule has 0 radical (unpaired) electrons. The molecule has 18 heavy (non-hydrogen) atoms. The molecule has 2 aliphatic carbocycles. The van der Waals surface area contributed by atoms with E-state index in [0.29, 0.717) is 12.8 Å². The summed E-state index contributed by atoms with van der Waals surface area (Å²) in [7, 11) is 0. The Balaban J connectivity index is 2.54. The number of carbonyl (C=O) groups excluding carboxylic acids is 1. The van der Waals surface area contributed by atoms with Crippen LogP contribution in [0.15, 0.2) is 11.6 Å². The maximum absolute atomic E-state index is 12.4. The van der Waals surface area contributed by atoms with Crippen molar-refractivity contribution in [3.8, 4) is 0 Å². The van der Waals surface area contributed by atoms with Gasteiger partial charge in [0.2, 0.25) is 0 Å². The topological polar surface area (TPSA) is 57.5 Å². The van der Waals surface area contributed by atoms with Crippen molar-refractivity contribution in [2.24, 2.45) is 22.7 Å². The van der Waals surface area contributed by atoms with Gasteiger partial charge in [-0.1, -0.05) is 26.3 Å². The van der Waals surface area contributed by atoms with Crippen molar-refractivity contribution in [2.45, 2.75) is 46.6 Å². The molecule has 0 heterocycles. The molecule has 2 aliphatic rings. The number of hydrogen-bond donors (Lipinski definition) is 2. The molecule has 0 aromatic carbocycles. The Morgan fingerprint density at radius 1 is 1.33 bits per heavy atom. The van der Waals surface area contributed by atoms with E-state index in [1.165, 1.54) is 0 Å². The van der Waals surface area contributed by atoms with Gasteiger partial charge in [-0.15, -0.1) is 0 Å². The van der Waals surface area contributed by atoms with Crippen molar-refractivity contribution >= 4 is 5.78 Å². The summed E-state index contributed by atoms with van der Waals surface area (Å²) in [4.78, 5) is 12.4. The minimum Gasteiger partial charge on any atom is -0.396 e. The van der Waals surface area contributed by atoms with Crippen molar-refractivity contribution in [2.75, 3.05) is 6.61 Å². The average molecular weight is 252 g/mol.